The zero-order valence-corrected chi connectivity index (χ0v) is 11.6. The molecule has 7 heteroatoms. The van der Waals surface area contributed by atoms with E-state index in [-0.39, 0.29) is 12.4 Å². The van der Waals surface area contributed by atoms with E-state index >= 15 is 0 Å². The highest BCUT2D eigenvalue weighted by Crippen LogP contribution is 2.30. The largest absolute Gasteiger partial charge is 0.575 e. The number of halogens is 1. The topological polar surface area (TPSA) is 71.0 Å². The van der Waals surface area contributed by atoms with Gasteiger partial charge in [-0.15, -0.1) is 0 Å². The Labute approximate surface area is 111 Å². The Morgan fingerprint density at radius 2 is 2.22 bits per heavy atom. The van der Waals surface area contributed by atoms with Crippen LogP contribution >= 0.6 is 19.8 Å². The highest BCUT2D eigenvalue weighted by molar-refractivity contribution is 7.34. The molecule has 2 atom stereocenters. The van der Waals surface area contributed by atoms with Gasteiger partial charge in [0.1, 0.15) is 0 Å². The zero-order valence-electron chi connectivity index (χ0n) is 10.00. The van der Waals surface area contributed by atoms with E-state index in [2.05, 4.69) is 4.74 Å². The summed E-state index contributed by atoms with van der Waals surface area (Å²) in [5.74, 6) is -0.274. The van der Waals surface area contributed by atoms with Gasteiger partial charge in [-0.3, -0.25) is 4.52 Å². The van der Waals surface area contributed by atoms with E-state index in [9.17, 15) is 9.69 Å². The molecule has 5 nitrogen and oxygen atoms in total. The number of benzene rings is 1. The molecule has 18 heavy (non-hydrogen) atoms. The van der Waals surface area contributed by atoms with Crippen molar-refractivity contribution in [2.45, 2.75) is 19.9 Å². The molecular weight excluding hydrogens is 277 g/mol. The van der Waals surface area contributed by atoms with Crippen LogP contribution in [0.5, 0.6) is 5.75 Å². The maximum Gasteiger partial charge on any atom is 0.395 e. The second kappa shape index (κ2) is 7.31. The summed E-state index contributed by atoms with van der Waals surface area (Å²) in [7, 11) is -2.37. The summed E-state index contributed by atoms with van der Waals surface area (Å²) < 4.78 is 13.5. The zero-order chi connectivity index (χ0) is 13.5. The highest BCUT2D eigenvalue weighted by Gasteiger charge is 2.18. The number of hydrogen-bond donors (Lipinski definition) is 0. The third kappa shape index (κ3) is 4.61. The predicted octanol–water partition coefficient (Wildman–Crippen LogP) is 2.53. The van der Waals surface area contributed by atoms with Crippen molar-refractivity contribution in [3.8, 4) is 5.75 Å². The number of carbonyl (C=O) groups is 1. The first-order valence-corrected chi connectivity index (χ1v) is 6.82. The standard InChI is InChI=1S/C11H13ClNO4P/c1-3-16-11(14)8(2)13-18(15)17-10-7-5-4-6-9(10)12/h4-8H,3H2,1-2H3/t8-/m0/s1. The summed E-state index contributed by atoms with van der Waals surface area (Å²) in [6, 6.07) is 5.76. The second-order valence-electron chi connectivity index (χ2n) is 3.30. The number of rotatable bonds is 5. The Bertz CT molecular complexity index is 452. The average molecular weight is 290 g/mol. The quantitative estimate of drug-likeness (QED) is 0.617. The smallest absolute Gasteiger partial charge is 0.395 e. The minimum atomic E-state index is -2.37. The highest BCUT2D eigenvalue weighted by atomic mass is 35.5. The van der Waals surface area contributed by atoms with Gasteiger partial charge < -0.3 is 9.63 Å². The molecule has 0 bridgehead atoms. The molecule has 1 unspecified atom stereocenters. The molecule has 0 N–H and O–H groups in total. The Kier molecular flexibility index (Phi) is 6.05. The minimum absolute atomic E-state index is 0.251. The lowest BCUT2D eigenvalue weighted by Gasteiger charge is -2.04. The summed E-state index contributed by atoms with van der Waals surface area (Å²) in [6.45, 7) is 3.42. The first-order chi connectivity index (χ1) is 8.54. The summed E-state index contributed by atoms with van der Waals surface area (Å²) >= 11 is 5.83. The molecular formula is C11H13ClNO4P. The van der Waals surface area contributed by atoms with Crippen molar-refractivity contribution in [2.24, 2.45) is 4.74 Å². The van der Waals surface area contributed by atoms with Gasteiger partial charge in [0.05, 0.1) is 11.6 Å². The Balaban J connectivity index is 2.68. The number of ether oxygens (including phenoxy) is 1. The predicted molar refractivity (Wildman–Crippen MR) is 67.5 cm³/mol. The Morgan fingerprint density at radius 1 is 1.56 bits per heavy atom. The summed E-state index contributed by atoms with van der Waals surface area (Å²) in [5, 5.41) is 0.333. The minimum Gasteiger partial charge on any atom is -0.575 e. The number of esters is 1. The fraction of sp³-hybridized carbons (Fsp3) is 0.364. The normalized spacial score (nSPS) is 13.0. The molecule has 1 aromatic carbocycles. The van der Waals surface area contributed by atoms with Crippen LogP contribution in [0.25, 0.3) is 0 Å². The Morgan fingerprint density at radius 3 is 2.83 bits per heavy atom. The third-order valence-corrected chi connectivity index (χ3v) is 3.11. The molecule has 0 fully saturated rings. The van der Waals surface area contributed by atoms with Crippen LogP contribution in [0.3, 0.4) is 0 Å². The lowest BCUT2D eigenvalue weighted by molar-refractivity contribution is -0.169. The van der Waals surface area contributed by atoms with Crippen LogP contribution in [-0.2, 0) is 9.53 Å². The van der Waals surface area contributed by atoms with Crippen molar-refractivity contribution in [1.82, 2.24) is 0 Å². The van der Waals surface area contributed by atoms with E-state index in [4.69, 9.17) is 20.9 Å². The van der Waals surface area contributed by atoms with Gasteiger partial charge in [-0.05, 0) is 26.0 Å². The SMILES string of the molecule is CCOC(=O)[C@H](C)N=[P+]([O-])Oc1ccccc1Cl. The van der Waals surface area contributed by atoms with E-state index in [1.165, 1.54) is 6.92 Å². The van der Waals surface area contributed by atoms with Crippen molar-refractivity contribution in [2.75, 3.05) is 6.61 Å². The number of para-hydroxylation sites is 1. The van der Waals surface area contributed by atoms with Gasteiger partial charge in [-0.1, -0.05) is 28.5 Å². The Hall–Kier alpha value is -1.16. The van der Waals surface area contributed by atoms with Crippen molar-refractivity contribution in [3.63, 3.8) is 0 Å². The lowest BCUT2D eigenvalue weighted by Crippen LogP contribution is -2.18. The van der Waals surface area contributed by atoms with Crippen LogP contribution < -0.4 is 9.42 Å². The van der Waals surface area contributed by atoms with Gasteiger partial charge in [0.2, 0.25) is 5.75 Å². The van der Waals surface area contributed by atoms with E-state index < -0.39 is 20.2 Å². The number of carbonyl (C=O) groups excluding carboxylic acids is 1. The molecule has 0 aliphatic carbocycles. The molecule has 0 saturated heterocycles. The monoisotopic (exact) mass is 289 g/mol. The number of hydrogen-bond acceptors (Lipinski definition) is 5. The molecule has 0 aliphatic heterocycles. The van der Waals surface area contributed by atoms with Gasteiger partial charge in [0.25, 0.3) is 0 Å². The summed E-state index contributed by atoms with van der Waals surface area (Å²) in [5.41, 5.74) is 0. The molecule has 0 radical (unpaired) electrons. The molecule has 1 aromatic rings. The summed E-state index contributed by atoms with van der Waals surface area (Å²) in [4.78, 5) is 22.8. The molecule has 0 aromatic heterocycles. The van der Waals surface area contributed by atoms with Crippen molar-refractivity contribution < 1.29 is 18.9 Å². The van der Waals surface area contributed by atoms with Gasteiger partial charge in [-0.25, -0.2) is 4.79 Å². The van der Waals surface area contributed by atoms with Crippen molar-refractivity contribution in [1.29, 1.82) is 0 Å². The first-order valence-electron chi connectivity index (χ1n) is 5.31. The van der Waals surface area contributed by atoms with E-state index in [0.29, 0.717) is 5.02 Å². The summed E-state index contributed by atoms with van der Waals surface area (Å²) in [6.07, 6.45) is 0. The van der Waals surface area contributed by atoms with E-state index in [1.54, 1.807) is 31.2 Å². The van der Waals surface area contributed by atoms with Crippen LogP contribution in [0.2, 0.25) is 5.02 Å². The molecule has 0 saturated carbocycles. The molecule has 0 aliphatic rings. The lowest BCUT2D eigenvalue weighted by atomic mass is 10.3. The van der Waals surface area contributed by atoms with Gasteiger partial charge in [0.15, 0.2) is 6.04 Å². The fourth-order valence-electron chi connectivity index (χ4n) is 1.08. The number of nitrogens with zero attached hydrogens (tertiary/aromatic N) is 1. The van der Waals surface area contributed by atoms with Crippen molar-refractivity contribution >= 4 is 25.7 Å². The van der Waals surface area contributed by atoms with Gasteiger partial charge >= 0.3 is 14.1 Å². The van der Waals surface area contributed by atoms with Crippen LogP contribution in [0.1, 0.15) is 13.8 Å². The van der Waals surface area contributed by atoms with Crippen LogP contribution in [0.15, 0.2) is 29.0 Å². The second-order valence-corrected chi connectivity index (χ2v) is 4.60. The average Bonchev–Trinajstić information content (AvgIpc) is 2.32. The molecule has 0 amide bonds. The van der Waals surface area contributed by atoms with Gasteiger partial charge in [-0.2, -0.15) is 0 Å². The van der Waals surface area contributed by atoms with Crippen LogP contribution in [0.4, 0.5) is 0 Å². The van der Waals surface area contributed by atoms with Crippen LogP contribution in [-0.4, -0.2) is 18.6 Å². The molecule has 98 valence electrons. The van der Waals surface area contributed by atoms with Gasteiger partial charge in [0, 0.05) is 0 Å². The van der Waals surface area contributed by atoms with Crippen molar-refractivity contribution in [3.05, 3.63) is 29.3 Å². The molecule has 0 heterocycles. The fourth-order valence-corrected chi connectivity index (χ4v) is 2.06. The molecule has 0 spiro atoms. The van der Waals surface area contributed by atoms with E-state index in [0.717, 1.165) is 0 Å². The molecule has 1 rings (SSSR count). The third-order valence-electron chi connectivity index (χ3n) is 1.91. The van der Waals surface area contributed by atoms with Crippen LogP contribution in [0, 0.1) is 0 Å². The first kappa shape index (κ1) is 14.9. The maximum atomic E-state index is 11.6. The maximum absolute atomic E-state index is 11.6. The van der Waals surface area contributed by atoms with E-state index in [1.807, 2.05) is 0 Å².